The number of likely N-dealkylation sites (tertiary alicyclic amines) is 1. The summed E-state index contributed by atoms with van der Waals surface area (Å²) in [5.74, 6) is 1.67. The van der Waals surface area contributed by atoms with E-state index in [9.17, 15) is 4.79 Å². The topological polar surface area (TPSA) is 58.4 Å². The van der Waals surface area contributed by atoms with Crippen LogP contribution in [0.1, 0.15) is 38.3 Å². The minimum Gasteiger partial charge on any atom is -0.444 e. The van der Waals surface area contributed by atoms with E-state index in [1.807, 2.05) is 11.8 Å². The third kappa shape index (κ3) is 2.90. The highest BCUT2D eigenvalue weighted by molar-refractivity contribution is 5.83. The lowest BCUT2D eigenvalue weighted by atomic mass is 10.2. The van der Waals surface area contributed by atoms with E-state index in [1.54, 1.807) is 6.20 Å². The first-order chi connectivity index (χ1) is 8.74. The molecule has 0 aliphatic carbocycles. The fraction of sp³-hybridized carbons (Fsp3) is 0.692. The molecule has 100 valence electrons. The summed E-state index contributed by atoms with van der Waals surface area (Å²) >= 11 is 0. The number of oxazole rings is 1. The maximum atomic E-state index is 12.1. The molecule has 1 aromatic rings. The Morgan fingerprint density at radius 3 is 3.06 bits per heavy atom. The molecule has 0 spiro atoms. The molecule has 0 bridgehead atoms. The molecular formula is C13H21N3O2. The van der Waals surface area contributed by atoms with Crippen LogP contribution in [0.2, 0.25) is 0 Å². The SMILES string of the molecule is CCCNC1CCN(Cc2ncc(CC)o2)C1=O. The second-order valence-corrected chi connectivity index (χ2v) is 4.63. The lowest BCUT2D eigenvalue weighted by molar-refractivity contribution is -0.130. The summed E-state index contributed by atoms with van der Waals surface area (Å²) in [5.41, 5.74) is 0. The third-order valence-electron chi connectivity index (χ3n) is 3.21. The highest BCUT2D eigenvalue weighted by atomic mass is 16.4. The number of rotatable bonds is 6. The summed E-state index contributed by atoms with van der Waals surface area (Å²) in [6.07, 6.45) is 4.49. The number of aromatic nitrogens is 1. The molecule has 5 nitrogen and oxygen atoms in total. The van der Waals surface area contributed by atoms with Crippen molar-refractivity contribution in [2.45, 2.75) is 45.7 Å². The zero-order valence-electron chi connectivity index (χ0n) is 11.1. The number of hydrogen-bond donors (Lipinski definition) is 1. The van der Waals surface area contributed by atoms with Crippen molar-refractivity contribution >= 4 is 5.91 Å². The average Bonchev–Trinajstić information content (AvgIpc) is 2.96. The zero-order chi connectivity index (χ0) is 13.0. The van der Waals surface area contributed by atoms with Gasteiger partial charge in [-0.15, -0.1) is 0 Å². The van der Waals surface area contributed by atoms with E-state index in [2.05, 4.69) is 17.2 Å². The molecule has 1 aliphatic heterocycles. The largest absolute Gasteiger partial charge is 0.444 e. The monoisotopic (exact) mass is 251 g/mol. The number of aryl methyl sites for hydroxylation is 1. The van der Waals surface area contributed by atoms with Crippen molar-refractivity contribution in [3.8, 4) is 0 Å². The maximum Gasteiger partial charge on any atom is 0.240 e. The number of nitrogens with zero attached hydrogens (tertiary/aromatic N) is 2. The Labute approximate surface area is 108 Å². The van der Waals surface area contributed by atoms with Crippen molar-refractivity contribution in [3.63, 3.8) is 0 Å². The quantitative estimate of drug-likeness (QED) is 0.829. The Balaban J connectivity index is 1.89. The normalized spacial score (nSPS) is 19.8. The summed E-state index contributed by atoms with van der Waals surface area (Å²) in [4.78, 5) is 18.1. The van der Waals surface area contributed by atoms with Crippen LogP contribution in [0.15, 0.2) is 10.6 Å². The van der Waals surface area contributed by atoms with Crippen molar-refractivity contribution in [1.29, 1.82) is 0 Å². The van der Waals surface area contributed by atoms with Crippen molar-refractivity contribution in [2.24, 2.45) is 0 Å². The standard InChI is InChI=1S/C13H21N3O2/c1-3-6-14-11-5-7-16(13(11)17)9-12-15-8-10(4-2)18-12/h8,11,14H,3-7,9H2,1-2H3. The van der Waals surface area contributed by atoms with Gasteiger partial charge in [-0.1, -0.05) is 13.8 Å². The number of nitrogens with one attached hydrogen (secondary N) is 1. The second kappa shape index (κ2) is 6.00. The van der Waals surface area contributed by atoms with Gasteiger partial charge in [0.15, 0.2) is 0 Å². The molecule has 1 amide bonds. The van der Waals surface area contributed by atoms with Gasteiger partial charge in [0.2, 0.25) is 11.8 Å². The van der Waals surface area contributed by atoms with E-state index in [4.69, 9.17) is 4.42 Å². The van der Waals surface area contributed by atoms with Gasteiger partial charge in [-0.05, 0) is 19.4 Å². The number of carbonyl (C=O) groups is 1. The molecule has 0 radical (unpaired) electrons. The van der Waals surface area contributed by atoms with E-state index < -0.39 is 0 Å². The smallest absolute Gasteiger partial charge is 0.240 e. The predicted octanol–water partition coefficient (Wildman–Crippen LogP) is 1.34. The van der Waals surface area contributed by atoms with E-state index in [-0.39, 0.29) is 11.9 Å². The lowest BCUT2D eigenvalue weighted by Gasteiger charge is -2.15. The fourth-order valence-corrected chi connectivity index (χ4v) is 2.15. The molecular weight excluding hydrogens is 230 g/mol. The van der Waals surface area contributed by atoms with Gasteiger partial charge >= 0.3 is 0 Å². The van der Waals surface area contributed by atoms with Crippen molar-refractivity contribution in [3.05, 3.63) is 17.8 Å². The highest BCUT2D eigenvalue weighted by Gasteiger charge is 2.31. The number of carbonyl (C=O) groups excluding carboxylic acids is 1. The van der Waals surface area contributed by atoms with E-state index in [0.29, 0.717) is 12.4 Å². The molecule has 1 saturated heterocycles. The Kier molecular flexibility index (Phi) is 4.36. The van der Waals surface area contributed by atoms with Crippen LogP contribution >= 0.6 is 0 Å². The van der Waals surface area contributed by atoms with Crippen LogP contribution in [0, 0.1) is 0 Å². The van der Waals surface area contributed by atoms with Crippen molar-refractivity contribution in [1.82, 2.24) is 15.2 Å². The van der Waals surface area contributed by atoms with Crippen LogP contribution in [-0.2, 0) is 17.8 Å². The summed E-state index contributed by atoms with van der Waals surface area (Å²) in [7, 11) is 0. The fourth-order valence-electron chi connectivity index (χ4n) is 2.15. The Morgan fingerprint density at radius 1 is 1.56 bits per heavy atom. The number of hydrogen-bond acceptors (Lipinski definition) is 4. The van der Waals surface area contributed by atoms with Gasteiger partial charge in [-0.2, -0.15) is 0 Å². The Bertz CT molecular complexity index is 403. The lowest BCUT2D eigenvalue weighted by Crippen LogP contribution is -2.38. The van der Waals surface area contributed by atoms with Gasteiger partial charge in [0, 0.05) is 13.0 Å². The molecule has 18 heavy (non-hydrogen) atoms. The van der Waals surface area contributed by atoms with Gasteiger partial charge in [0.1, 0.15) is 5.76 Å². The number of amides is 1. The Hall–Kier alpha value is -1.36. The molecule has 0 aromatic carbocycles. The Morgan fingerprint density at radius 2 is 2.39 bits per heavy atom. The van der Waals surface area contributed by atoms with Gasteiger partial charge in [-0.3, -0.25) is 4.79 Å². The third-order valence-corrected chi connectivity index (χ3v) is 3.21. The first kappa shape index (κ1) is 13.1. The van der Waals surface area contributed by atoms with E-state index in [0.717, 1.165) is 38.1 Å². The highest BCUT2D eigenvalue weighted by Crippen LogP contribution is 2.15. The summed E-state index contributed by atoms with van der Waals surface area (Å²) in [6, 6.07) is -0.0226. The van der Waals surface area contributed by atoms with Gasteiger partial charge in [0.05, 0.1) is 18.8 Å². The van der Waals surface area contributed by atoms with Crippen LogP contribution in [0.25, 0.3) is 0 Å². The van der Waals surface area contributed by atoms with Crippen molar-refractivity contribution < 1.29 is 9.21 Å². The minimum absolute atomic E-state index is 0.0226. The molecule has 1 aliphatic rings. The van der Waals surface area contributed by atoms with E-state index >= 15 is 0 Å². The predicted molar refractivity (Wildman–Crippen MR) is 68.0 cm³/mol. The second-order valence-electron chi connectivity index (χ2n) is 4.63. The van der Waals surface area contributed by atoms with Crippen LogP contribution in [0.3, 0.4) is 0 Å². The summed E-state index contributed by atoms with van der Waals surface area (Å²) in [6.45, 7) is 6.29. The molecule has 1 N–H and O–H groups in total. The first-order valence-electron chi connectivity index (χ1n) is 6.70. The van der Waals surface area contributed by atoms with Crippen LogP contribution in [-0.4, -0.2) is 34.9 Å². The van der Waals surface area contributed by atoms with Gasteiger partial charge in [0.25, 0.3) is 0 Å². The molecule has 5 heteroatoms. The summed E-state index contributed by atoms with van der Waals surface area (Å²) in [5, 5.41) is 3.27. The average molecular weight is 251 g/mol. The molecule has 0 saturated carbocycles. The van der Waals surface area contributed by atoms with Crippen LogP contribution in [0.5, 0.6) is 0 Å². The molecule has 1 aromatic heterocycles. The van der Waals surface area contributed by atoms with E-state index in [1.165, 1.54) is 0 Å². The molecule has 1 atom stereocenters. The molecule has 2 rings (SSSR count). The van der Waals surface area contributed by atoms with Gasteiger partial charge < -0.3 is 14.6 Å². The molecule has 2 heterocycles. The summed E-state index contributed by atoms with van der Waals surface area (Å²) < 4.78 is 5.53. The van der Waals surface area contributed by atoms with Crippen LogP contribution in [0.4, 0.5) is 0 Å². The van der Waals surface area contributed by atoms with Gasteiger partial charge in [-0.25, -0.2) is 4.98 Å². The molecule has 1 fully saturated rings. The maximum absolute atomic E-state index is 12.1. The minimum atomic E-state index is -0.0226. The molecule has 1 unspecified atom stereocenters. The van der Waals surface area contributed by atoms with Crippen LogP contribution < -0.4 is 5.32 Å². The van der Waals surface area contributed by atoms with Crippen molar-refractivity contribution in [2.75, 3.05) is 13.1 Å². The first-order valence-corrected chi connectivity index (χ1v) is 6.70. The zero-order valence-corrected chi connectivity index (χ0v) is 11.1.